The predicted octanol–water partition coefficient (Wildman–Crippen LogP) is 2.16. The van der Waals surface area contributed by atoms with Crippen LogP contribution in [0.5, 0.6) is 5.75 Å². The van der Waals surface area contributed by atoms with Crippen LogP contribution in [0.15, 0.2) is 18.2 Å². The van der Waals surface area contributed by atoms with Crippen molar-refractivity contribution in [2.75, 3.05) is 33.0 Å². The third-order valence-corrected chi connectivity index (χ3v) is 3.32. The molecular weight excluding hydrogens is 256 g/mol. The van der Waals surface area contributed by atoms with Gasteiger partial charge in [-0.3, -0.25) is 0 Å². The normalized spacial score (nSPS) is 11.5. The first-order valence-electron chi connectivity index (χ1n) is 6.65. The van der Waals surface area contributed by atoms with Gasteiger partial charge in [0.2, 0.25) is 0 Å². The van der Waals surface area contributed by atoms with Crippen molar-refractivity contribution >= 4 is 11.7 Å². The van der Waals surface area contributed by atoms with E-state index in [1.807, 2.05) is 14.1 Å². The van der Waals surface area contributed by atoms with E-state index in [1.165, 1.54) is 0 Å². The van der Waals surface area contributed by atoms with Crippen LogP contribution in [-0.4, -0.2) is 43.7 Å². The van der Waals surface area contributed by atoms with Gasteiger partial charge in [-0.15, -0.1) is 0 Å². The number of benzene rings is 1. The molecule has 0 fully saturated rings. The predicted molar refractivity (Wildman–Crippen MR) is 80.1 cm³/mol. The van der Waals surface area contributed by atoms with E-state index < -0.39 is 5.97 Å². The maximum Gasteiger partial charge on any atom is 0.340 e. The summed E-state index contributed by atoms with van der Waals surface area (Å²) in [6.45, 7) is 6.74. The highest BCUT2D eigenvalue weighted by molar-refractivity contribution is 5.95. The first-order chi connectivity index (χ1) is 9.27. The quantitative estimate of drug-likeness (QED) is 0.639. The molecular formula is C15H24N2O3. The Hall–Kier alpha value is -1.75. The van der Waals surface area contributed by atoms with Crippen LogP contribution in [0.3, 0.4) is 0 Å². The van der Waals surface area contributed by atoms with Gasteiger partial charge in [0.25, 0.3) is 0 Å². The monoisotopic (exact) mass is 280 g/mol. The molecule has 0 amide bonds. The van der Waals surface area contributed by atoms with Crippen molar-refractivity contribution in [1.29, 1.82) is 0 Å². The number of carbonyl (C=O) groups is 1. The van der Waals surface area contributed by atoms with Crippen molar-refractivity contribution < 1.29 is 14.3 Å². The van der Waals surface area contributed by atoms with Gasteiger partial charge in [-0.2, -0.15) is 0 Å². The second-order valence-corrected chi connectivity index (χ2v) is 5.47. The van der Waals surface area contributed by atoms with E-state index in [4.69, 9.17) is 15.2 Å². The Morgan fingerprint density at radius 1 is 1.35 bits per heavy atom. The Morgan fingerprint density at radius 2 is 2.00 bits per heavy atom. The van der Waals surface area contributed by atoms with E-state index in [0.717, 1.165) is 0 Å². The number of anilines is 1. The zero-order valence-corrected chi connectivity index (χ0v) is 12.9. The Balaban J connectivity index is 2.83. The van der Waals surface area contributed by atoms with Crippen molar-refractivity contribution in [2.45, 2.75) is 26.3 Å². The average molecular weight is 280 g/mol. The molecule has 0 aromatic heterocycles. The molecule has 5 nitrogen and oxygen atoms in total. The van der Waals surface area contributed by atoms with Gasteiger partial charge >= 0.3 is 5.97 Å². The van der Waals surface area contributed by atoms with Crippen LogP contribution in [0.1, 0.15) is 31.1 Å². The van der Waals surface area contributed by atoms with Gasteiger partial charge in [-0.05, 0) is 53.1 Å². The third-order valence-electron chi connectivity index (χ3n) is 3.32. The Bertz CT molecular complexity index is 470. The minimum Gasteiger partial charge on any atom is -0.492 e. The van der Waals surface area contributed by atoms with E-state index in [2.05, 4.69) is 18.7 Å². The summed E-state index contributed by atoms with van der Waals surface area (Å²) in [5.74, 6) is 0.180. The summed E-state index contributed by atoms with van der Waals surface area (Å²) in [7, 11) is 3.99. The molecule has 112 valence electrons. The topological polar surface area (TPSA) is 64.8 Å². The molecule has 0 bridgehead atoms. The molecule has 1 aromatic rings. The third kappa shape index (κ3) is 4.13. The zero-order chi connectivity index (χ0) is 15.3. The van der Waals surface area contributed by atoms with Gasteiger partial charge in [-0.1, -0.05) is 0 Å². The Labute approximate surface area is 120 Å². The molecule has 20 heavy (non-hydrogen) atoms. The molecule has 0 unspecified atom stereocenters. The van der Waals surface area contributed by atoms with Gasteiger partial charge in [0.15, 0.2) is 0 Å². The van der Waals surface area contributed by atoms with Gasteiger partial charge in [0.05, 0.1) is 12.2 Å². The zero-order valence-electron chi connectivity index (χ0n) is 12.9. The average Bonchev–Trinajstić information content (AvgIpc) is 2.37. The summed E-state index contributed by atoms with van der Waals surface area (Å²) in [5.41, 5.74) is 6.41. The van der Waals surface area contributed by atoms with Crippen LogP contribution >= 0.6 is 0 Å². The second-order valence-electron chi connectivity index (χ2n) is 5.47. The summed E-state index contributed by atoms with van der Waals surface area (Å²) in [4.78, 5) is 13.8. The highest BCUT2D eigenvalue weighted by Gasteiger charge is 2.21. The maximum absolute atomic E-state index is 11.8. The summed E-state index contributed by atoms with van der Waals surface area (Å²) >= 11 is 0. The van der Waals surface area contributed by atoms with Crippen molar-refractivity contribution in [3.05, 3.63) is 23.8 Å². The smallest absolute Gasteiger partial charge is 0.340 e. The highest BCUT2D eigenvalue weighted by Crippen LogP contribution is 2.22. The Morgan fingerprint density at radius 3 is 2.55 bits per heavy atom. The minimum atomic E-state index is -0.428. The summed E-state index contributed by atoms with van der Waals surface area (Å²) < 4.78 is 10.7. The molecule has 0 saturated heterocycles. The number of esters is 1. The first-order valence-corrected chi connectivity index (χ1v) is 6.65. The van der Waals surface area contributed by atoms with Crippen molar-refractivity contribution in [3.8, 4) is 5.75 Å². The number of nitrogens with zero attached hydrogens (tertiary/aromatic N) is 1. The SMILES string of the molecule is CCOC(=O)c1cc(OCC(C)(C)N(C)C)ccc1N. The molecule has 0 heterocycles. The first kappa shape index (κ1) is 16.3. The van der Waals surface area contributed by atoms with Crippen LogP contribution < -0.4 is 10.5 Å². The fourth-order valence-corrected chi connectivity index (χ4v) is 1.40. The lowest BCUT2D eigenvalue weighted by Gasteiger charge is -2.32. The van der Waals surface area contributed by atoms with Gasteiger partial charge in [0, 0.05) is 11.2 Å². The lowest BCUT2D eigenvalue weighted by atomic mass is 10.1. The molecule has 0 spiro atoms. The second kappa shape index (κ2) is 6.61. The van der Waals surface area contributed by atoms with E-state index >= 15 is 0 Å². The molecule has 0 aliphatic carbocycles. The molecule has 0 atom stereocenters. The Kier molecular flexibility index (Phi) is 5.39. The number of ether oxygens (including phenoxy) is 2. The molecule has 2 N–H and O–H groups in total. The standard InChI is InChI=1S/C15H24N2O3/c1-6-19-14(18)12-9-11(7-8-13(12)16)20-10-15(2,3)17(4)5/h7-9H,6,10,16H2,1-5H3. The van der Waals surface area contributed by atoms with E-state index in [1.54, 1.807) is 25.1 Å². The number of nitrogen functional groups attached to an aromatic ring is 1. The van der Waals surface area contributed by atoms with Crippen LogP contribution in [0.2, 0.25) is 0 Å². The molecule has 1 rings (SSSR count). The van der Waals surface area contributed by atoms with Crippen LogP contribution in [0, 0.1) is 0 Å². The summed E-state index contributed by atoms with van der Waals surface area (Å²) in [5, 5.41) is 0. The van der Waals surface area contributed by atoms with Crippen molar-refractivity contribution in [3.63, 3.8) is 0 Å². The van der Waals surface area contributed by atoms with Crippen LogP contribution in [0.25, 0.3) is 0 Å². The number of nitrogens with two attached hydrogens (primary N) is 1. The van der Waals surface area contributed by atoms with Gasteiger partial charge in [0.1, 0.15) is 12.4 Å². The lowest BCUT2D eigenvalue weighted by molar-refractivity contribution is 0.0526. The molecule has 1 aromatic carbocycles. The van der Waals surface area contributed by atoms with Gasteiger partial charge < -0.3 is 20.1 Å². The lowest BCUT2D eigenvalue weighted by Crippen LogP contribution is -2.43. The highest BCUT2D eigenvalue weighted by atomic mass is 16.5. The van der Waals surface area contributed by atoms with E-state index in [-0.39, 0.29) is 5.54 Å². The van der Waals surface area contributed by atoms with Crippen molar-refractivity contribution in [2.24, 2.45) is 0 Å². The largest absolute Gasteiger partial charge is 0.492 e. The number of likely N-dealkylation sites (N-methyl/N-ethyl adjacent to an activating group) is 1. The van der Waals surface area contributed by atoms with Gasteiger partial charge in [-0.25, -0.2) is 4.79 Å². The fourth-order valence-electron chi connectivity index (χ4n) is 1.40. The molecule has 5 heteroatoms. The minimum absolute atomic E-state index is 0.106. The number of rotatable bonds is 6. The van der Waals surface area contributed by atoms with E-state index in [0.29, 0.717) is 30.2 Å². The molecule has 0 aliphatic heterocycles. The number of hydrogen-bond donors (Lipinski definition) is 1. The fraction of sp³-hybridized carbons (Fsp3) is 0.533. The number of carbonyl (C=O) groups excluding carboxylic acids is 1. The molecule has 0 aliphatic rings. The molecule has 0 radical (unpaired) electrons. The van der Waals surface area contributed by atoms with Crippen LogP contribution in [0.4, 0.5) is 5.69 Å². The van der Waals surface area contributed by atoms with Crippen LogP contribution in [-0.2, 0) is 4.74 Å². The van der Waals surface area contributed by atoms with Crippen molar-refractivity contribution in [1.82, 2.24) is 4.90 Å². The number of hydrogen-bond acceptors (Lipinski definition) is 5. The molecule has 0 saturated carbocycles. The summed E-state index contributed by atoms with van der Waals surface area (Å²) in [6.07, 6.45) is 0. The maximum atomic E-state index is 11.8. The summed E-state index contributed by atoms with van der Waals surface area (Å²) in [6, 6.07) is 5.03. The van der Waals surface area contributed by atoms with E-state index in [9.17, 15) is 4.79 Å².